The molecule has 1 aliphatic rings. The van der Waals surface area contributed by atoms with E-state index in [4.69, 9.17) is 5.26 Å². The smallest absolute Gasteiger partial charge is 0.105 e. The fraction of sp³-hybridized carbons (Fsp3) is 0.909. The van der Waals surface area contributed by atoms with E-state index in [-0.39, 0.29) is 5.54 Å². The largest absolute Gasteiger partial charge is 0.303 e. The van der Waals surface area contributed by atoms with Gasteiger partial charge in [-0.1, -0.05) is 6.92 Å². The molecule has 0 spiro atoms. The quantitative estimate of drug-likeness (QED) is 0.695. The van der Waals surface area contributed by atoms with Gasteiger partial charge in [0.15, 0.2) is 0 Å². The topological polar surface area (TPSA) is 39.1 Å². The molecule has 0 aromatic rings. The summed E-state index contributed by atoms with van der Waals surface area (Å²) in [5, 5.41) is 12.3. The van der Waals surface area contributed by atoms with Gasteiger partial charge in [-0.15, -0.1) is 0 Å². The van der Waals surface area contributed by atoms with E-state index in [2.05, 4.69) is 23.3 Å². The van der Waals surface area contributed by atoms with Crippen LogP contribution >= 0.6 is 0 Å². The average molecular weight is 195 g/mol. The van der Waals surface area contributed by atoms with Crippen molar-refractivity contribution >= 4 is 0 Å². The van der Waals surface area contributed by atoms with Crippen LogP contribution in [0.5, 0.6) is 0 Å². The summed E-state index contributed by atoms with van der Waals surface area (Å²) >= 11 is 0. The summed E-state index contributed by atoms with van der Waals surface area (Å²) in [5.41, 5.74) is -0.349. The summed E-state index contributed by atoms with van der Waals surface area (Å²) in [6, 6.07) is 3.15. The number of nitrogens with zero attached hydrogens (tertiary/aromatic N) is 2. The van der Waals surface area contributed by atoms with Gasteiger partial charge < -0.3 is 4.90 Å². The highest BCUT2D eigenvalue weighted by Gasteiger charge is 2.28. The average Bonchev–Trinajstić information content (AvgIpc) is 2.98. The number of rotatable bonds is 6. The van der Waals surface area contributed by atoms with Crippen LogP contribution in [-0.4, -0.2) is 36.6 Å². The number of nitrogens with one attached hydrogen (secondary N) is 1. The van der Waals surface area contributed by atoms with Crippen LogP contribution in [0.25, 0.3) is 0 Å². The first-order valence-electron chi connectivity index (χ1n) is 5.48. The van der Waals surface area contributed by atoms with Gasteiger partial charge in [0, 0.05) is 12.6 Å². The maximum atomic E-state index is 9.05. The molecule has 1 N–H and O–H groups in total. The zero-order chi connectivity index (χ0) is 10.6. The van der Waals surface area contributed by atoms with E-state index in [0.717, 1.165) is 25.6 Å². The van der Waals surface area contributed by atoms with Crippen LogP contribution < -0.4 is 5.32 Å². The van der Waals surface area contributed by atoms with Crippen molar-refractivity contribution in [3.63, 3.8) is 0 Å². The van der Waals surface area contributed by atoms with Gasteiger partial charge in [0.1, 0.15) is 5.54 Å². The zero-order valence-corrected chi connectivity index (χ0v) is 9.51. The summed E-state index contributed by atoms with van der Waals surface area (Å²) in [7, 11) is 2.15. The van der Waals surface area contributed by atoms with E-state index in [1.807, 2.05) is 13.8 Å². The molecule has 14 heavy (non-hydrogen) atoms. The third kappa shape index (κ3) is 3.28. The molecular weight excluding hydrogens is 174 g/mol. The molecule has 3 heteroatoms. The molecule has 0 radical (unpaired) electrons. The highest BCUT2D eigenvalue weighted by molar-refractivity contribution is 5.04. The maximum Gasteiger partial charge on any atom is 0.105 e. The lowest BCUT2D eigenvalue weighted by Gasteiger charge is -2.25. The van der Waals surface area contributed by atoms with E-state index >= 15 is 0 Å². The minimum absolute atomic E-state index is 0.349. The van der Waals surface area contributed by atoms with Crippen LogP contribution in [0.3, 0.4) is 0 Å². The first-order valence-corrected chi connectivity index (χ1v) is 5.48. The molecule has 0 aromatic carbocycles. The fourth-order valence-corrected chi connectivity index (χ4v) is 1.67. The lowest BCUT2D eigenvalue weighted by atomic mass is 9.99. The Morgan fingerprint density at radius 1 is 1.57 bits per heavy atom. The second kappa shape index (κ2) is 4.77. The summed E-state index contributed by atoms with van der Waals surface area (Å²) in [6.07, 6.45) is 3.58. The Labute approximate surface area is 87.1 Å². The van der Waals surface area contributed by atoms with E-state index in [1.165, 1.54) is 12.8 Å². The third-order valence-electron chi connectivity index (χ3n) is 2.95. The van der Waals surface area contributed by atoms with Gasteiger partial charge in [-0.2, -0.15) is 5.26 Å². The van der Waals surface area contributed by atoms with Gasteiger partial charge in [-0.3, -0.25) is 5.32 Å². The molecule has 3 nitrogen and oxygen atoms in total. The second-order valence-electron chi connectivity index (χ2n) is 4.44. The van der Waals surface area contributed by atoms with Crippen LogP contribution in [0.15, 0.2) is 0 Å². The van der Waals surface area contributed by atoms with Crippen molar-refractivity contribution in [1.29, 1.82) is 5.26 Å². The Bertz CT molecular complexity index is 217. The lowest BCUT2D eigenvalue weighted by Crippen LogP contribution is -2.43. The first-order chi connectivity index (χ1) is 6.61. The third-order valence-corrected chi connectivity index (χ3v) is 2.95. The molecule has 1 fully saturated rings. The molecule has 0 aromatic heterocycles. The minimum Gasteiger partial charge on any atom is -0.303 e. The van der Waals surface area contributed by atoms with Crippen LogP contribution in [0.1, 0.15) is 33.1 Å². The highest BCUT2D eigenvalue weighted by Crippen LogP contribution is 2.26. The van der Waals surface area contributed by atoms with Crippen molar-refractivity contribution in [1.82, 2.24) is 10.2 Å². The maximum absolute atomic E-state index is 9.05. The highest BCUT2D eigenvalue weighted by atomic mass is 15.2. The van der Waals surface area contributed by atoms with Gasteiger partial charge in [0.25, 0.3) is 0 Å². The molecule has 0 saturated heterocycles. The lowest BCUT2D eigenvalue weighted by molar-refractivity contribution is 0.282. The SMILES string of the molecule is CCNC(C)(C#N)CCN(C)C1CC1. The number of hydrogen-bond donors (Lipinski definition) is 1. The van der Waals surface area contributed by atoms with Crippen molar-refractivity contribution in [2.24, 2.45) is 0 Å². The molecular formula is C11H21N3. The molecule has 0 bridgehead atoms. The minimum atomic E-state index is -0.349. The summed E-state index contributed by atoms with van der Waals surface area (Å²) < 4.78 is 0. The van der Waals surface area contributed by atoms with Gasteiger partial charge >= 0.3 is 0 Å². The normalized spacial score (nSPS) is 20.5. The Morgan fingerprint density at radius 2 is 2.21 bits per heavy atom. The first kappa shape index (κ1) is 11.5. The van der Waals surface area contributed by atoms with Gasteiger partial charge in [0.2, 0.25) is 0 Å². The zero-order valence-electron chi connectivity index (χ0n) is 9.51. The molecule has 0 heterocycles. The van der Waals surface area contributed by atoms with Crippen molar-refractivity contribution in [2.45, 2.75) is 44.7 Å². The summed E-state index contributed by atoms with van der Waals surface area (Å²) in [4.78, 5) is 2.37. The van der Waals surface area contributed by atoms with Crippen molar-refractivity contribution in [2.75, 3.05) is 20.1 Å². The number of nitriles is 1. The predicted octanol–water partition coefficient (Wildman–Crippen LogP) is 1.36. The Balaban J connectivity index is 2.29. The molecule has 1 aliphatic carbocycles. The molecule has 1 atom stereocenters. The van der Waals surface area contributed by atoms with Crippen molar-refractivity contribution < 1.29 is 0 Å². The van der Waals surface area contributed by atoms with Crippen molar-refractivity contribution in [3.8, 4) is 6.07 Å². The van der Waals surface area contributed by atoms with Gasteiger partial charge in [0.05, 0.1) is 6.07 Å². The molecule has 1 saturated carbocycles. The second-order valence-corrected chi connectivity index (χ2v) is 4.44. The van der Waals surface area contributed by atoms with E-state index in [0.29, 0.717) is 0 Å². The van der Waals surface area contributed by atoms with Gasteiger partial charge in [-0.05, 0) is 39.8 Å². The summed E-state index contributed by atoms with van der Waals surface area (Å²) in [6.45, 7) is 5.90. The molecule has 0 amide bonds. The van der Waals surface area contributed by atoms with Crippen LogP contribution in [0.2, 0.25) is 0 Å². The van der Waals surface area contributed by atoms with E-state index in [9.17, 15) is 0 Å². The predicted molar refractivity (Wildman–Crippen MR) is 58.0 cm³/mol. The molecule has 1 unspecified atom stereocenters. The monoisotopic (exact) mass is 195 g/mol. The Hall–Kier alpha value is -0.590. The van der Waals surface area contributed by atoms with Crippen molar-refractivity contribution in [3.05, 3.63) is 0 Å². The van der Waals surface area contributed by atoms with Crippen LogP contribution in [0, 0.1) is 11.3 Å². The Kier molecular flexibility index (Phi) is 3.91. The molecule has 0 aliphatic heterocycles. The van der Waals surface area contributed by atoms with Crippen LogP contribution in [-0.2, 0) is 0 Å². The fourth-order valence-electron chi connectivity index (χ4n) is 1.67. The van der Waals surface area contributed by atoms with E-state index in [1.54, 1.807) is 0 Å². The number of hydrogen-bond acceptors (Lipinski definition) is 3. The summed E-state index contributed by atoms with van der Waals surface area (Å²) in [5.74, 6) is 0. The molecule has 1 rings (SSSR count). The Morgan fingerprint density at radius 3 is 2.64 bits per heavy atom. The molecule has 80 valence electrons. The van der Waals surface area contributed by atoms with Gasteiger partial charge in [-0.25, -0.2) is 0 Å². The standard InChI is InChI=1S/C11H21N3/c1-4-13-11(2,9-12)7-8-14(3)10-5-6-10/h10,13H,4-8H2,1-3H3. The van der Waals surface area contributed by atoms with E-state index < -0.39 is 0 Å². The van der Waals surface area contributed by atoms with Crippen LogP contribution in [0.4, 0.5) is 0 Å².